The number of likely N-dealkylation sites (N-methyl/N-ethyl adjacent to an activating group) is 1. The molecule has 0 radical (unpaired) electrons. The number of urea groups is 1. The standard InChI is InChI=1S/C15H29N3O3/c1-12(14(19)20)6-5-9-16-15(21)17-10-11-18(2)13-7-3-4-8-13/h12-13H,3-11H2,1-2H3,(H,19,20)(H2,16,17,21). The first-order valence-corrected chi connectivity index (χ1v) is 7.95. The Morgan fingerprint density at radius 2 is 1.86 bits per heavy atom. The Morgan fingerprint density at radius 3 is 2.48 bits per heavy atom. The summed E-state index contributed by atoms with van der Waals surface area (Å²) >= 11 is 0. The SMILES string of the molecule is CC(CCCNC(=O)NCCN(C)C1CCCC1)C(=O)O. The van der Waals surface area contributed by atoms with Gasteiger partial charge in [0, 0.05) is 25.7 Å². The van der Waals surface area contributed by atoms with Gasteiger partial charge in [0.1, 0.15) is 0 Å². The van der Waals surface area contributed by atoms with Crippen LogP contribution < -0.4 is 10.6 Å². The van der Waals surface area contributed by atoms with Gasteiger partial charge < -0.3 is 20.6 Å². The van der Waals surface area contributed by atoms with E-state index in [4.69, 9.17) is 5.11 Å². The second-order valence-corrected chi connectivity index (χ2v) is 5.98. The summed E-state index contributed by atoms with van der Waals surface area (Å²) in [5.74, 6) is -1.13. The second kappa shape index (κ2) is 9.60. The number of nitrogens with one attached hydrogen (secondary N) is 2. The van der Waals surface area contributed by atoms with Crippen LogP contribution in [0.15, 0.2) is 0 Å². The molecular weight excluding hydrogens is 270 g/mol. The van der Waals surface area contributed by atoms with Gasteiger partial charge >= 0.3 is 12.0 Å². The molecule has 0 bridgehead atoms. The minimum Gasteiger partial charge on any atom is -0.481 e. The number of carboxylic acids is 1. The van der Waals surface area contributed by atoms with Crippen LogP contribution >= 0.6 is 0 Å². The average molecular weight is 299 g/mol. The molecule has 6 nitrogen and oxygen atoms in total. The molecular formula is C15H29N3O3. The topological polar surface area (TPSA) is 81.7 Å². The molecule has 0 aromatic carbocycles. The molecule has 1 fully saturated rings. The van der Waals surface area contributed by atoms with Crippen molar-refractivity contribution >= 4 is 12.0 Å². The van der Waals surface area contributed by atoms with E-state index in [9.17, 15) is 9.59 Å². The van der Waals surface area contributed by atoms with Gasteiger partial charge in [0.05, 0.1) is 5.92 Å². The highest BCUT2D eigenvalue weighted by Crippen LogP contribution is 2.21. The van der Waals surface area contributed by atoms with E-state index in [-0.39, 0.29) is 11.9 Å². The fraction of sp³-hybridized carbons (Fsp3) is 0.867. The van der Waals surface area contributed by atoms with Gasteiger partial charge in [0.25, 0.3) is 0 Å². The fourth-order valence-electron chi connectivity index (χ4n) is 2.67. The lowest BCUT2D eigenvalue weighted by Gasteiger charge is -2.23. The van der Waals surface area contributed by atoms with Crippen molar-refractivity contribution in [1.82, 2.24) is 15.5 Å². The summed E-state index contributed by atoms with van der Waals surface area (Å²) in [5, 5.41) is 14.3. The normalized spacial score (nSPS) is 16.9. The molecule has 1 rings (SSSR count). The van der Waals surface area contributed by atoms with Crippen molar-refractivity contribution in [2.75, 3.05) is 26.7 Å². The lowest BCUT2D eigenvalue weighted by Crippen LogP contribution is -2.41. The highest BCUT2D eigenvalue weighted by Gasteiger charge is 2.18. The third kappa shape index (κ3) is 7.32. The maximum atomic E-state index is 11.6. The van der Waals surface area contributed by atoms with Crippen molar-refractivity contribution in [1.29, 1.82) is 0 Å². The van der Waals surface area contributed by atoms with Gasteiger partial charge in [-0.1, -0.05) is 19.8 Å². The zero-order valence-electron chi connectivity index (χ0n) is 13.2. The lowest BCUT2D eigenvalue weighted by atomic mass is 10.1. The van der Waals surface area contributed by atoms with E-state index in [0.29, 0.717) is 32.0 Å². The monoisotopic (exact) mass is 299 g/mol. The van der Waals surface area contributed by atoms with E-state index in [0.717, 1.165) is 6.54 Å². The van der Waals surface area contributed by atoms with Crippen LogP contribution in [0.1, 0.15) is 45.4 Å². The molecule has 0 heterocycles. The minimum atomic E-state index is -0.783. The van der Waals surface area contributed by atoms with E-state index >= 15 is 0 Å². The zero-order valence-corrected chi connectivity index (χ0v) is 13.2. The third-order valence-electron chi connectivity index (χ3n) is 4.22. The predicted molar refractivity (Wildman–Crippen MR) is 82.3 cm³/mol. The van der Waals surface area contributed by atoms with Crippen molar-refractivity contribution in [2.45, 2.75) is 51.5 Å². The molecule has 0 aromatic heterocycles. The van der Waals surface area contributed by atoms with Crippen molar-refractivity contribution in [2.24, 2.45) is 5.92 Å². The minimum absolute atomic E-state index is 0.169. The average Bonchev–Trinajstić information content (AvgIpc) is 2.97. The molecule has 1 atom stereocenters. The summed E-state index contributed by atoms with van der Waals surface area (Å²) in [5.41, 5.74) is 0. The van der Waals surface area contributed by atoms with Gasteiger partial charge in [0.15, 0.2) is 0 Å². The van der Waals surface area contributed by atoms with Crippen molar-refractivity contribution < 1.29 is 14.7 Å². The zero-order chi connectivity index (χ0) is 15.7. The molecule has 2 amide bonds. The largest absolute Gasteiger partial charge is 0.481 e. The van der Waals surface area contributed by atoms with Crippen LogP contribution in [-0.4, -0.2) is 54.7 Å². The molecule has 21 heavy (non-hydrogen) atoms. The van der Waals surface area contributed by atoms with Crippen LogP contribution in [0.25, 0.3) is 0 Å². The number of carbonyl (C=O) groups is 2. The molecule has 0 aliphatic heterocycles. The number of nitrogens with zero attached hydrogens (tertiary/aromatic N) is 1. The van der Waals surface area contributed by atoms with Gasteiger partial charge in [-0.15, -0.1) is 0 Å². The van der Waals surface area contributed by atoms with Crippen LogP contribution in [0, 0.1) is 5.92 Å². The molecule has 1 aliphatic carbocycles. The maximum Gasteiger partial charge on any atom is 0.314 e. The van der Waals surface area contributed by atoms with E-state index in [2.05, 4.69) is 22.6 Å². The molecule has 122 valence electrons. The summed E-state index contributed by atoms with van der Waals surface area (Å²) in [6.07, 6.45) is 6.44. The summed E-state index contributed by atoms with van der Waals surface area (Å²) in [4.78, 5) is 24.5. The quantitative estimate of drug-likeness (QED) is 0.566. The van der Waals surface area contributed by atoms with Gasteiger partial charge in [-0.25, -0.2) is 4.79 Å². The van der Waals surface area contributed by atoms with Crippen LogP contribution in [0.4, 0.5) is 4.79 Å². The Hall–Kier alpha value is -1.30. The van der Waals surface area contributed by atoms with E-state index in [1.54, 1.807) is 6.92 Å². The summed E-state index contributed by atoms with van der Waals surface area (Å²) < 4.78 is 0. The van der Waals surface area contributed by atoms with E-state index < -0.39 is 5.97 Å². The van der Waals surface area contributed by atoms with Gasteiger partial charge in [0.2, 0.25) is 0 Å². The second-order valence-electron chi connectivity index (χ2n) is 5.98. The number of rotatable bonds is 9. The van der Waals surface area contributed by atoms with Crippen LogP contribution in [0.3, 0.4) is 0 Å². The Labute approximate surface area is 127 Å². The molecule has 1 saturated carbocycles. The molecule has 0 saturated heterocycles. The first kappa shape index (κ1) is 17.8. The number of carbonyl (C=O) groups excluding carboxylic acids is 1. The van der Waals surface area contributed by atoms with Crippen molar-refractivity contribution in [3.63, 3.8) is 0 Å². The highest BCUT2D eigenvalue weighted by molar-refractivity contribution is 5.73. The molecule has 0 aromatic rings. The summed E-state index contributed by atoms with van der Waals surface area (Å²) in [6.45, 7) is 3.71. The number of hydrogen-bond donors (Lipinski definition) is 3. The maximum absolute atomic E-state index is 11.6. The molecule has 1 unspecified atom stereocenters. The molecule has 6 heteroatoms. The van der Waals surface area contributed by atoms with Gasteiger partial charge in [-0.3, -0.25) is 4.79 Å². The molecule has 0 spiro atoms. The van der Waals surface area contributed by atoms with Gasteiger partial charge in [-0.2, -0.15) is 0 Å². The number of hydrogen-bond acceptors (Lipinski definition) is 3. The van der Waals surface area contributed by atoms with Crippen LogP contribution in [-0.2, 0) is 4.79 Å². The van der Waals surface area contributed by atoms with Crippen molar-refractivity contribution in [3.8, 4) is 0 Å². The Balaban J connectivity index is 1.99. The third-order valence-corrected chi connectivity index (χ3v) is 4.22. The number of amides is 2. The highest BCUT2D eigenvalue weighted by atomic mass is 16.4. The van der Waals surface area contributed by atoms with Crippen LogP contribution in [0.2, 0.25) is 0 Å². The molecule has 1 aliphatic rings. The summed E-state index contributed by atoms with van der Waals surface area (Å²) in [6, 6.07) is 0.505. The Bertz CT molecular complexity index is 330. The summed E-state index contributed by atoms with van der Waals surface area (Å²) in [7, 11) is 2.11. The van der Waals surface area contributed by atoms with E-state index in [1.165, 1.54) is 25.7 Å². The Morgan fingerprint density at radius 1 is 1.24 bits per heavy atom. The predicted octanol–water partition coefficient (Wildman–Crippen LogP) is 1.66. The van der Waals surface area contributed by atoms with Crippen LogP contribution in [0.5, 0.6) is 0 Å². The smallest absolute Gasteiger partial charge is 0.314 e. The first-order valence-electron chi connectivity index (χ1n) is 7.95. The number of aliphatic carboxylic acids is 1. The van der Waals surface area contributed by atoms with Gasteiger partial charge in [-0.05, 0) is 32.7 Å². The lowest BCUT2D eigenvalue weighted by molar-refractivity contribution is -0.141. The Kier molecular flexibility index (Phi) is 8.12. The van der Waals surface area contributed by atoms with E-state index in [1.807, 2.05) is 0 Å². The van der Waals surface area contributed by atoms with Crippen molar-refractivity contribution in [3.05, 3.63) is 0 Å². The molecule has 3 N–H and O–H groups in total. The fourth-order valence-corrected chi connectivity index (χ4v) is 2.67. The first-order chi connectivity index (χ1) is 10.0. The number of carboxylic acid groups (broad SMARTS) is 1.